The molecule has 0 aromatic carbocycles. The lowest BCUT2D eigenvalue weighted by molar-refractivity contribution is 0.0932. The maximum Gasteiger partial charge on any atom is 0.253 e. The first-order valence-corrected chi connectivity index (χ1v) is 15.0. The molecule has 1 aliphatic carbocycles. The van der Waals surface area contributed by atoms with Crippen molar-refractivity contribution in [3.63, 3.8) is 0 Å². The number of nitrogens with one attached hydrogen (secondary N) is 1. The maximum atomic E-state index is 13.4. The molecule has 198 valence electrons. The Hall–Kier alpha value is -2.73. The molecule has 0 aliphatic heterocycles. The molecule has 1 unspecified atom stereocenters. The first-order valence-electron chi connectivity index (χ1n) is 14.1. The Morgan fingerprint density at radius 3 is 2.81 bits per heavy atom. The first-order chi connectivity index (χ1) is 18.0. The summed E-state index contributed by atoms with van der Waals surface area (Å²) in [6.45, 7) is 9.43. The molecule has 1 amide bonds. The van der Waals surface area contributed by atoms with Gasteiger partial charge in [0.25, 0.3) is 5.91 Å². The van der Waals surface area contributed by atoms with Crippen LogP contribution in [0.15, 0.2) is 41.4 Å². The zero-order valence-electron chi connectivity index (χ0n) is 23.0. The molecule has 1 N–H and O–H groups in total. The number of hydrogen-bond donors (Lipinski definition) is 1. The van der Waals surface area contributed by atoms with Crippen LogP contribution >= 0.6 is 11.3 Å². The molecule has 0 fully saturated rings. The van der Waals surface area contributed by atoms with Crippen molar-refractivity contribution < 1.29 is 4.79 Å². The Labute approximate surface area is 226 Å². The third-order valence-corrected chi connectivity index (χ3v) is 8.47. The highest BCUT2D eigenvalue weighted by Crippen LogP contribution is 2.33. The Morgan fingerprint density at radius 2 is 2.08 bits per heavy atom. The number of rotatable bonds is 12. The molecule has 6 heteroatoms. The average Bonchev–Trinajstić information content (AvgIpc) is 3.55. The Kier molecular flexibility index (Phi) is 9.73. The van der Waals surface area contributed by atoms with Crippen molar-refractivity contribution in [2.45, 2.75) is 104 Å². The van der Waals surface area contributed by atoms with Gasteiger partial charge in [-0.1, -0.05) is 45.3 Å². The normalized spacial score (nSPS) is 14.4. The van der Waals surface area contributed by atoms with Crippen molar-refractivity contribution in [2.24, 2.45) is 0 Å². The fourth-order valence-corrected chi connectivity index (χ4v) is 5.99. The quantitative estimate of drug-likeness (QED) is 0.246. The highest BCUT2D eigenvalue weighted by Gasteiger charge is 2.22. The summed E-state index contributed by atoms with van der Waals surface area (Å²) in [5.74, 6) is 0.0366. The van der Waals surface area contributed by atoms with Gasteiger partial charge in [0, 0.05) is 41.1 Å². The number of thiazole rings is 1. The lowest BCUT2D eigenvalue weighted by atomic mass is 9.97. The van der Waals surface area contributed by atoms with Crippen LogP contribution in [0.1, 0.15) is 100 Å². The zero-order valence-corrected chi connectivity index (χ0v) is 23.8. The van der Waals surface area contributed by atoms with Gasteiger partial charge in [0.2, 0.25) is 0 Å². The molecule has 4 rings (SSSR count). The zero-order chi connectivity index (χ0) is 26.2. The Morgan fingerprint density at radius 1 is 1.22 bits per heavy atom. The molecule has 0 spiro atoms. The third kappa shape index (κ3) is 6.78. The van der Waals surface area contributed by atoms with Crippen molar-refractivity contribution in [3.05, 3.63) is 58.4 Å². The molecular weight excluding hydrogens is 476 g/mol. The van der Waals surface area contributed by atoms with E-state index in [0.717, 1.165) is 84.0 Å². The second kappa shape index (κ2) is 13.2. The van der Waals surface area contributed by atoms with Crippen molar-refractivity contribution in [3.8, 4) is 22.0 Å². The standard InChI is InChI=1S/C31H42N4OS/c1-5-8-14-25(6-2)33-30(36)27-20-29(35(22(27)4)18-16-23-12-10-9-11-13-23)28-21-37-31(34-28)24-15-17-32-26(7-3)19-24/h12,15,17,19-21,25H,5-11,13-14,16,18H2,1-4H3,(H,33,36). The lowest BCUT2D eigenvalue weighted by Crippen LogP contribution is -2.34. The van der Waals surface area contributed by atoms with Gasteiger partial charge in [0.15, 0.2) is 0 Å². The minimum Gasteiger partial charge on any atom is -0.349 e. The minimum absolute atomic E-state index is 0.0366. The van der Waals surface area contributed by atoms with Crippen LogP contribution in [-0.2, 0) is 13.0 Å². The van der Waals surface area contributed by atoms with Crippen LogP contribution in [0.2, 0.25) is 0 Å². The number of aromatic nitrogens is 3. The van der Waals surface area contributed by atoms with E-state index in [4.69, 9.17) is 4.98 Å². The van der Waals surface area contributed by atoms with Gasteiger partial charge in [-0.2, -0.15) is 0 Å². The van der Waals surface area contributed by atoms with E-state index in [2.05, 4.69) is 66.2 Å². The number of pyridine rings is 1. The number of aryl methyl sites for hydroxylation is 1. The van der Waals surface area contributed by atoms with Gasteiger partial charge in [-0.25, -0.2) is 4.98 Å². The van der Waals surface area contributed by atoms with E-state index in [-0.39, 0.29) is 11.9 Å². The predicted octanol–water partition coefficient (Wildman–Crippen LogP) is 8.13. The van der Waals surface area contributed by atoms with Gasteiger partial charge in [0.1, 0.15) is 5.01 Å². The number of carbonyl (C=O) groups is 1. The van der Waals surface area contributed by atoms with Crippen molar-refractivity contribution in [1.82, 2.24) is 19.9 Å². The summed E-state index contributed by atoms with van der Waals surface area (Å²) in [5.41, 5.74) is 7.49. The van der Waals surface area contributed by atoms with Crippen LogP contribution in [-0.4, -0.2) is 26.5 Å². The molecule has 0 bridgehead atoms. The van der Waals surface area contributed by atoms with Gasteiger partial charge in [-0.05, 0) is 76.5 Å². The number of unbranched alkanes of at least 4 members (excludes halogenated alkanes) is 1. The molecule has 1 atom stereocenters. The SMILES string of the molecule is CCCCC(CC)NC(=O)c1cc(-c2csc(-c3ccnc(CC)c3)n2)n(CCC2=CCCCC2)c1C. The largest absolute Gasteiger partial charge is 0.349 e. The van der Waals surface area contributed by atoms with Gasteiger partial charge in [-0.3, -0.25) is 9.78 Å². The Bertz CT molecular complexity index is 1220. The van der Waals surface area contributed by atoms with Crippen LogP contribution in [0.5, 0.6) is 0 Å². The molecule has 5 nitrogen and oxygen atoms in total. The highest BCUT2D eigenvalue weighted by atomic mass is 32.1. The summed E-state index contributed by atoms with van der Waals surface area (Å²) >= 11 is 1.65. The van der Waals surface area contributed by atoms with E-state index in [1.165, 1.54) is 25.7 Å². The summed E-state index contributed by atoms with van der Waals surface area (Å²) in [6, 6.07) is 6.44. The summed E-state index contributed by atoms with van der Waals surface area (Å²) in [6.07, 6.45) is 15.4. The number of hydrogen-bond acceptors (Lipinski definition) is 4. The van der Waals surface area contributed by atoms with Crippen molar-refractivity contribution in [1.29, 1.82) is 0 Å². The van der Waals surface area contributed by atoms with E-state index in [0.29, 0.717) is 0 Å². The fourth-order valence-electron chi connectivity index (χ4n) is 5.18. The van der Waals surface area contributed by atoms with Crippen molar-refractivity contribution >= 4 is 17.2 Å². The number of allylic oxidation sites excluding steroid dienone is 2. The molecule has 3 aromatic rings. The maximum absolute atomic E-state index is 13.4. The van der Waals surface area contributed by atoms with Gasteiger partial charge in [0.05, 0.1) is 17.0 Å². The average molecular weight is 519 g/mol. The van der Waals surface area contributed by atoms with Crippen LogP contribution in [0.3, 0.4) is 0 Å². The van der Waals surface area contributed by atoms with Gasteiger partial charge < -0.3 is 9.88 Å². The minimum atomic E-state index is 0.0366. The number of amides is 1. The fraction of sp³-hybridized carbons (Fsp3) is 0.516. The van der Waals surface area contributed by atoms with Gasteiger partial charge >= 0.3 is 0 Å². The summed E-state index contributed by atoms with van der Waals surface area (Å²) in [5, 5.41) is 6.43. The summed E-state index contributed by atoms with van der Waals surface area (Å²) in [4.78, 5) is 22.9. The molecule has 3 heterocycles. The smallest absolute Gasteiger partial charge is 0.253 e. The second-order valence-electron chi connectivity index (χ2n) is 10.2. The molecule has 1 aliphatic rings. The molecule has 3 aromatic heterocycles. The predicted molar refractivity (Wildman–Crippen MR) is 155 cm³/mol. The van der Waals surface area contributed by atoms with E-state index in [9.17, 15) is 4.79 Å². The van der Waals surface area contributed by atoms with E-state index in [1.54, 1.807) is 16.9 Å². The number of carbonyl (C=O) groups excluding carboxylic acids is 1. The molecular formula is C31H42N4OS. The van der Waals surface area contributed by atoms with E-state index in [1.807, 2.05) is 12.3 Å². The first kappa shape index (κ1) is 27.3. The van der Waals surface area contributed by atoms with E-state index >= 15 is 0 Å². The topological polar surface area (TPSA) is 59.8 Å². The molecule has 0 radical (unpaired) electrons. The van der Waals surface area contributed by atoms with Gasteiger partial charge in [-0.15, -0.1) is 11.3 Å². The van der Waals surface area contributed by atoms with Crippen molar-refractivity contribution in [2.75, 3.05) is 0 Å². The highest BCUT2D eigenvalue weighted by molar-refractivity contribution is 7.13. The molecule has 0 saturated carbocycles. The van der Waals surface area contributed by atoms with E-state index < -0.39 is 0 Å². The molecule has 37 heavy (non-hydrogen) atoms. The lowest BCUT2D eigenvalue weighted by Gasteiger charge is -2.17. The summed E-state index contributed by atoms with van der Waals surface area (Å²) < 4.78 is 2.32. The third-order valence-electron chi connectivity index (χ3n) is 7.58. The summed E-state index contributed by atoms with van der Waals surface area (Å²) in [7, 11) is 0. The molecule has 0 saturated heterocycles. The van der Waals surface area contributed by atoms with Crippen LogP contribution < -0.4 is 5.32 Å². The second-order valence-corrected chi connectivity index (χ2v) is 11.0. The van der Waals surface area contributed by atoms with Crippen LogP contribution in [0, 0.1) is 6.92 Å². The van der Waals surface area contributed by atoms with Crippen LogP contribution in [0.4, 0.5) is 0 Å². The monoisotopic (exact) mass is 518 g/mol. The number of nitrogens with zero attached hydrogens (tertiary/aromatic N) is 3. The Balaban J connectivity index is 1.65. The van der Waals surface area contributed by atoms with Crippen LogP contribution in [0.25, 0.3) is 22.0 Å².